The molecule has 0 bridgehead atoms. The Morgan fingerprint density at radius 2 is 1.61 bits per heavy atom. The van der Waals surface area contributed by atoms with E-state index in [1.54, 1.807) is 12.1 Å². The Hall–Kier alpha value is -2.25. The highest BCUT2D eigenvalue weighted by Crippen LogP contribution is 2.41. The third-order valence-electron chi connectivity index (χ3n) is 6.64. The third-order valence-corrected chi connectivity index (χ3v) is 8.19. The summed E-state index contributed by atoms with van der Waals surface area (Å²) in [4.78, 5) is 29.9. The number of benzene rings is 1. The maximum atomic E-state index is 12.9. The largest absolute Gasteiger partial charge is 0.356 e. The minimum Gasteiger partial charge on any atom is -0.356 e. The summed E-state index contributed by atoms with van der Waals surface area (Å²) in [5, 5.41) is 4.31. The van der Waals surface area contributed by atoms with E-state index in [2.05, 4.69) is 29.3 Å². The second-order valence-corrected chi connectivity index (χ2v) is 10.2. The summed E-state index contributed by atoms with van der Waals surface area (Å²) in [6.45, 7) is 7.13. The van der Waals surface area contributed by atoms with Crippen LogP contribution in [0.15, 0.2) is 42.5 Å². The fraction of sp³-hybridized carbons (Fsp3) is 0.458. The summed E-state index contributed by atoms with van der Waals surface area (Å²) in [6, 6.07) is 14.1. The number of hydrogen-bond donors (Lipinski definition) is 1. The Morgan fingerprint density at radius 1 is 1.00 bits per heavy atom. The van der Waals surface area contributed by atoms with Crippen LogP contribution in [0, 0.1) is 5.41 Å². The number of carbonyl (C=O) groups is 2. The monoisotopic (exact) mass is 455 g/mol. The van der Waals surface area contributed by atoms with E-state index in [-0.39, 0.29) is 23.1 Å². The number of amides is 1. The second kappa shape index (κ2) is 9.09. The van der Waals surface area contributed by atoms with Gasteiger partial charge in [-0.25, -0.2) is 0 Å². The fourth-order valence-electron chi connectivity index (χ4n) is 4.60. The third kappa shape index (κ3) is 4.83. The highest BCUT2D eigenvalue weighted by atomic mass is 32.1. The number of nitrogens with zero attached hydrogens (tertiary/aromatic N) is 2. The Kier molecular flexibility index (Phi) is 6.44. The van der Waals surface area contributed by atoms with Crippen LogP contribution < -0.4 is 5.32 Å². The molecule has 2 fully saturated rings. The number of hydrogen-bond acceptors (Lipinski definition) is 4. The summed E-state index contributed by atoms with van der Waals surface area (Å²) < 4.78 is 0. The molecule has 2 aliphatic rings. The zero-order valence-corrected chi connectivity index (χ0v) is 19.7. The van der Waals surface area contributed by atoms with Crippen molar-refractivity contribution in [1.82, 2.24) is 15.1 Å². The Labute approximate surface area is 193 Å². The molecular formula is C24H29N3O2S2. The lowest BCUT2D eigenvalue weighted by atomic mass is 9.78. The van der Waals surface area contributed by atoms with Gasteiger partial charge in [0.1, 0.15) is 0 Å². The first-order valence-electron chi connectivity index (χ1n) is 10.9. The first-order valence-corrected chi connectivity index (χ1v) is 12.1. The molecule has 0 radical (unpaired) electrons. The topological polar surface area (TPSA) is 52.7 Å². The van der Waals surface area contributed by atoms with Gasteiger partial charge in [0.25, 0.3) is 5.91 Å². The number of nitrogens with one attached hydrogen (secondary N) is 1. The van der Waals surface area contributed by atoms with Crippen LogP contribution in [0.3, 0.4) is 0 Å². The standard InChI is InChI=1S/C24H29N3O2S2/c1-17(19-6-4-3-5-7-19)25-23(30)27-15-12-24(16-27)10-13-26(14-11-24)22(29)21-9-8-20(31-21)18(2)28/h3-9,17H,10-16H2,1-2H3,(H,25,30). The van der Waals surface area contributed by atoms with E-state index in [0.717, 1.165) is 50.6 Å². The van der Waals surface area contributed by atoms with Gasteiger partial charge in [-0.15, -0.1) is 11.3 Å². The molecule has 31 heavy (non-hydrogen) atoms. The van der Waals surface area contributed by atoms with Crippen molar-refractivity contribution in [3.63, 3.8) is 0 Å². The van der Waals surface area contributed by atoms with Crippen LogP contribution in [0.1, 0.15) is 64.1 Å². The van der Waals surface area contributed by atoms with E-state index in [1.165, 1.54) is 23.8 Å². The summed E-state index contributed by atoms with van der Waals surface area (Å²) in [7, 11) is 0. The van der Waals surface area contributed by atoms with Gasteiger partial charge in [0.2, 0.25) is 0 Å². The maximum absolute atomic E-state index is 12.9. The van der Waals surface area contributed by atoms with Gasteiger partial charge in [-0.05, 0) is 68.4 Å². The van der Waals surface area contributed by atoms with Gasteiger partial charge in [0.15, 0.2) is 10.9 Å². The van der Waals surface area contributed by atoms with Gasteiger partial charge in [-0.2, -0.15) is 0 Å². The zero-order chi connectivity index (χ0) is 22.0. The van der Waals surface area contributed by atoms with Crippen LogP contribution in [-0.2, 0) is 0 Å². The molecule has 4 rings (SSSR count). The molecule has 1 spiro atoms. The molecule has 2 aliphatic heterocycles. The quantitative estimate of drug-likeness (QED) is 0.543. The summed E-state index contributed by atoms with van der Waals surface area (Å²) in [5.74, 6) is 0.0648. The number of rotatable bonds is 4. The van der Waals surface area contributed by atoms with Crippen molar-refractivity contribution in [1.29, 1.82) is 0 Å². The number of Topliss-reactive ketones (excluding diaryl/α,β-unsaturated/α-hetero) is 1. The van der Waals surface area contributed by atoms with E-state index >= 15 is 0 Å². The molecule has 1 amide bonds. The number of carbonyl (C=O) groups excluding carboxylic acids is 2. The highest BCUT2D eigenvalue weighted by Gasteiger charge is 2.42. The van der Waals surface area contributed by atoms with Gasteiger partial charge in [-0.1, -0.05) is 30.3 Å². The van der Waals surface area contributed by atoms with E-state index in [1.807, 2.05) is 23.1 Å². The number of likely N-dealkylation sites (tertiary alicyclic amines) is 2. The molecule has 1 atom stereocenters. The molecular weight excluding hydrogens is 426 g/mol. The van der Waals surface area contributed by atoms with Gasteiger partial charge >= 0.3 is 0 Å². The van der Waals surface area contributed by atoms with Crippen molar-refractivity contribution in [2.24, 2.45) is 5.41 Å². The first-order chi connectivity index (χ1) is 14.9. The van der Waals surface area contributed by atoms with E-state index in [4.69, 9.17) is 12.2 Å². The second-order valence-electron chi connectivity index (χ2n) is 8.77. The molecule has 5 nitrogen and oxygen atoms in total. The van der Waals surface area contributed by atoms with Gasteiger partial charge < -0.3 is 15.1 Å². The molecule has 1 aromatic carbocycles. The number of thiocarbonyl (C=S) groups is 1. The fourth-order valence-corrected chi connectivity index (χ4v) is 5.80. The minimum atomic E-state index is 0.0128. The van der Waals surface area contributed by atoms with Crippen LogP contribution >= 0.6 is 23.6 Å². The predicted molar refractivity (Wildman–Crippen MR) is 129 cm³/mol. The summed E-state index contributed by atoms with van der Waals surface area (Å²) in [5.41, 5.74) is 1.46. The zero-order valence-electron chi connectivity index (χ0n) is 18.1. The highest BCUT2D eigenvalue weighted by molar-refractivity contribution is 7.80. The minimum absolute atomic E-state index is 0.0128. The van der Waals surface area contributed by atoms with E-state index in [9.17, 15) is 9.59 Å². The van der Waals surface area contributed by atoms with Crippen LogP contribution in [0.25, 0.3) is 0 Å². The van der Waals surface area contributed by atoms with Gasteiger partial charge in [0, 0.05) is 26.2 Å². The molecule has 2 saturated heterocycles. The number of thiophene rings is 1. The first kappa shape index (κ1) is 22.0. The van der Waals surface area contributed by atoms with Crippen LogP contribution in [-0.4, -0.2) is 52.8 Å². The van der Waals surface area contributed by atoms with Crippen LogP contribution in [0.5, 0.6) is 0 Å². The lowest BCUT2D eigenvalue weighted by Crippen LogP contribution is -2.45. The Balaban J connectivity index is 1.30. The smallest absolute Gasteiger partial charge is 0.263 e. The molecule has 0 aliphatic carbocycles. The van der Waals surface area contributed by atoms with Crippen molar-refractivity contribution in [3.8, 4) is 0 Å². The van der Waals surface area contributed by atoms with Crippen molar-refractivity contribution in [2.45, 2.75) is 39.2 Å². The molecule has 2 aromatic rings. The average molecular weight is 456 g/mol. The molecule has 1 N–H and O–H groups in total. The van der Waals surface area contributed by atoms with E-state index in [0.29, 0.717) is 9.75 Å². The molecule has 164 valence electrons. The van der Waals surface area contributed by atoms with Crippen LogP contribution in [0.2, 0.25) is 0 Å². The molecule has 1 unspecified atom stereocenters. The molecule has 7 heteroatoms. The lowest BCUT2D eigenvalue weighted by Gasteiger charge is -2.39. The SMILES string of the molecule is CC(=O)c1ccc(C(=O)N2CCC3(CC2)CCN(C(=S)NC(C)c2ccccc2)C3)s1. The van der Waals surface area contributed by atoms with Gasteiger partial charge in [-0.3, -0.25) is 9.59 Å². The Morgan fingerprint density at radius 3 is 2.23 bits per heavy atom. The van der Waals surface area contributed by atoms with Gasteiger partial charge in [0.05, 0.1) is 15.8 Å². The Bertz CT molecular complexity index is 964. The van der Waals surface area contributed by atoms with Crippen molar-refractivity contribution in [3.05, 3.63) is 57.8 Å². The summed E-state index contributed by atoms with van der Waals surface area (Å²) in [6.07, 6.45) is 3.11. The predicted octanol–water partition coefficient (Wildman–Crippen LogP) is 4.51. The number of piperidine rings is 1. The maximum Gasteiger partial charge on any atom is 0.263 e. The van der Waals surface area contributed by atoms with Crippen LogP contribution in [0.4, 0.5) is 0 Å². The molecule has 3 heterocycles. The van der Waals surface area contributed by atoms with Crippen molar-refractivity contribution >= 4 is 40.4 Å². The lowest BCUT2D eigenvalue weighted by molar-refractivity contribution is 0.0603. The molecule has 0 saturated carbocycles. The van der Waals surface area contributed by atoms with E-state index < -0.39 is 0 Å². The van der Waals surface area contributed by atoms with Crippen molar-refractivity contribution < 1.29 is 9.59 Å². The number of ketones is 1. The van der Waals surface area contributed by atoms with Crippen molar-refractivity contribution in [2.75, 3.05) is 26.2 Å². The average Bonchev–Trinajstić information content (AvgIpc) is 3.43. The summed E-state index contributed by atoms with van der Waals surface area (Å²) >= 11 is 7.02. The molecule has 1 aromatic heterocycles. The normalized spacial score (nSPS) is 18.8.